The largest absolute Gasteiger partial charge is 0.472 e. The average Bonchev–Trinajstić information content (AvgIpc) is 3.15. The average molecular weight is 320 g/mol. The first-order chi connectivity index (χ1) is 10.6. The van der Waals surface area contributed by atoms with Crippen molar-refractivity contribution >= 4 is 23.2 Å². The van der Waals surface area contributed by atoms with Crippen molar-refractivity contribution < 1.29 is 14.0 Å². The number of nitrogens with one attached hydrogen (secondary N) is 2. The van der Waals surface area contributed by atoms with Crippen LogP contribution in [-0.2, 0) is 4.79 Å². The molecule has 0 spiro atoms. The standard InChI is InChI=1S/C16H20N2O3S/c1-11(2)8-13(14-4-3-7-22-14)18-15(19)9-17-16(20)12-5-6-21-10-12/h3-7,10-11,13H,8-9H2,1-2H3,(H,17,20)(H,18,19). The summed E-state index contributed by atoms with van der Waals surface area (Å²) < 4.78 is 4.84. The second kappa shape index (κ2) is 7.79. The van der Waals surface area contributed by atoms with E-state index in [0.717, 1.165) is 11.3 Å². The number of hydrogen-bond acceptors (Lipinski definition) is 4. The lowest BCUT2D eigenvalue weighted by molar-refractivity contribution is -0.120. The topological polar surface area (TPSA) is 71.3 Å². The summed E-state index contributed by atoms with van der Waals surface area (Å²) in [5.41, 5.74) is 0.407. The Balaban J connectivity index is 1.87. The number of hydrogen-bond donors (Lipinski definition) is 2. The van der Waals surface area contributed by atoms with Crippen molar-refractivity contribution in [3.8, 4) is 0 Å². The summed E-state index contributed by atoms with van der Waals surface area (Å²) in [7, 11) is 0. The first-order valence-corrected chi connectivity index (χ1v) is 8.07. The fourth-order valence-corrected chi connectivity index (χ4v) is 2.90. The van der Waals surface area contributed by atoms with Crippen LogP contribution in [0.25, 0.3) is 0 Å². The minimum Gasteiger partial charge on any atom is -0.472 e. The smallest absolute Gasteiger partial charge is 0.254 e. The second-order valence-corrected chi connectivity index (χ2v) is 6.44. The third-order valence-corrected chi connectivity index (χ3v) is 4.11. The van der Waals surface area contributed by atoms with E-state index in [1.54, 1.807) is 17.4 Å². The Labute approximate surface area is 133 Å². The number of amides is 2. The number of carbonyl (C=O) groups is 2. The van der Waals surface area contributed by atoms with Gasteiger partial charge >= 0.3 is 0 Å². The van der Waals surface area contributed by atoms with Gasteiger partial charge in [-0.15, -0.1) is 11.3 Å². The van der Waals surface area contributed by atoms with Crippen LogP contribution in [0.15, 0.2) is 40.5 Å². The molecule has 0 saturated heterocycles. The van der Waals surface area contributed by atoms with Crippen molar-refractivity contribution in [1.29, 1.82) is 0 Å². The fraction of sp³-hybridized carbons (Fsp3) is 0.375. The predicted molar refractivity (Wildman–Crippen MR) is 85.7 cm³/mol. The van der Waals surface area contributed by atoms with Gasteiger partial charge in [-0.05, 0) is 29.9 Å². The van der Waals surface area contributed by atoms with Crippen molar-refractivity contribution in [2.24, 2.45) is 5.92 Å². The number of carbonyl (C=O) groups excluding carboxylic acids is 2. The Kier molecular flexibility index (Phi) is 5.77. The second-order valence-electron chi connectivity index (χ2n) is 5.46. The lowest BCUT2D eigenvalue weighted by atomic mass is 10.0. The van der Waals surface area contributed by atoms with Crippen LogP contribution in [0, 0.1) is 5.92 Å². The molecule has 1 unspecified atom stereocenters. The van der Waals surface area contributed by atoms with E-state index in [2.05, 4.69) is 24.5 Å². The predicted octanol–water partition coefficient (Wildman–Crippen LogP) is 2.97. The van der Waals surface area contributed by atoms with Crippen LogP contribution in [0.2, 0.25) is 0 Å². The highest BCUT2D eigenvalue weighted by atomic mass is 32.1. The van der Waals surface area contributed by atoms with Gasteiger partial charge < -0.3 is 15.1 Å². The van der Waals surface area contributed by atoms with Gasteiger partial charge in [-0.25, -0.2) is 0 Å². The summed E-state index contributed by atoms with van der Waals surface area (Å²) in [5, 5.41) is 7.56. The fourth-order valence-electron chi connectivity index (χ4n) is 2.11. The lowest BCUT2D eigenvalue weighted by Crippen LogP contribution is -2.38. The first kappa shape index (κ1) is 16.3. The van der Waals surface area contributed by atoms with Gasteiger partial charge in [-0.1, -0.05) is 19.9 Å². The van der Waals surface area contributed by atoms with Crippen LogP contribution in [-0.4, -0.2) is 18.4 Å². The molecule has 0 saturated carbocycles. The van der Waals surface area contributed by atoms with Gasteiger partial charge in [0.15, 0.2) is 0 Å². The van der Waals surface area contributed by atoms with E-state index in [0.29, 0.717) is 11.5 Å². The third-order valence-electron chi connectivity index (χ3n) is 3.12. The maximum absolute atomic E-state index is 12.1. The summed E-state index contributed by atoms with van der Waals surface area (Å²) in [5.74, 6) is -0.0516. The Morgan fingerprint density at radius 1 is 1.32 bits per heavy atom. The molecule has 0 radical (unpaired) electrons. The molecule has 5 nitrogen and oxygen atoms in total. The molecule has 2 heterocycles. The minimum absolute atomic E-state index is 0.0154. The van der Waals surface area contributed by atoms with Crippen LogP contribution in [0.5, 0.6) is 0 Å². The van der Waals surface area contributed by atoms with Gasteiger partial charge in [-0.2, -0.15) is 0 Å². The van der Waals surface area contributed by atoms with E-state index < -0.39 is 0 Å². The van der Waals surface area contributed by atoms with Crippen LogP contribution in [0.1, 0.15) is 41.5 Å². The Bertz CT molecular complexity index is 591. The highest BCUT2D eigenvalue weighted by Gasteiger charge is 2.17. The molecule has 0 aliphatic heterocycles. The zero-order valence-electron chi connectivity index (χ0n) is 12.7. The Morgan fingerprint density at radius 3 is 2.73 bits per heavy atom. The highest BCUT2D eigenvalue weighted by molar-refractivity contribution is 7.10. The summed E-state index contributed by atoms with van der Waals surface area (Å²) >= 11 is 1.62. The van der Waals surface area contributed by atoms with E-state index in [-0.39, 0.29) is 24.4 Å². The number of furan rings is 1. The van der Waals surface area contributed by atoms with Crippen molar-refractivity contribution in [3.05, 3.63) is 46.5 Å². The van der Waals surface area contributed by atoms with Crippen molar-refractivity contribution in [1.82, 2.24) is 10.6 Å². The lowest BCUT2D eigenvalue weighted by Gasteiger charge is -2.19. The van der Waals surface area contributed by atoms with Gasteiger partial charge in [0.2, 0.25) is 5.91 Å². The SMILES string of the molecule is CC(C)CC(NC(=O)CNC(=O)c1ccoc1)c1cccs1. The van der Waals surface area contributed by atoms with Crippen molar-refractivity contribution in [2.75, 3.05) is 6.54 Å². The summed E-state index contributed by atoms with van der Waals surface area (Å²) in [6.07, 6.45) is 3.63. The maximum atomic E-state index is 12.1. The molecule has 22 heavy (non-hydrogen) atoms. The Hall–Kier alpha value is -2.08. The van der Waals surface area contributed by atoms with Crippen LogP contribution < -0.4 is 10.6 Å². The molecule has 0 aliphatic rings. The molecular formula is C16H20N2O3S. The number of rotatable bonds is 7. The monoisotopic (exact) mass is 320 g/mol. The quantitative estimate of drug-likeness (QED) is 0.824. The van der Waals surface area contributed by atoms with E-state index in [1.165, 1.54) is 12.5 Å². The molecule has 2 rings (SSSR count). The van der Waals surface area contributed by atoms with E-state index in [4.69, 9.17) is 4.42 Å². The van der Waals surface area contributed by atoms with Gasteiger partial charge in [0.05, 0.1) is 24.4 Å². The molecule has 6 heteroatoms. The van der Waals surface area contributed by atoms with Gasteiger partial charge in [0, 0.05) is 4.88 Å². The molecular weight excluding hydrogens is 300 g/mol. The zero-order chi connectivity index (χ0) is 15.9. The van der Waals surface area contributed by atoms with E-state index in [1.807, 2.05) is 17.5 Å². The third kappa shape index (κ3) is 4.73. The molecule has 2 aromatic heterocycles. The molecule has 0 fully saturated rings. The van der Waals surface area contributed by atoms with Crippen molar-refractivity contribution in [2.45, 2.75) is 26.3 Å². The molecule has 0 bridgehead atoms. The van der Waals surface area contributed by atoms with Gasteiger partial charge in [-0.3, -0.25) is 9.59 Å². The maximum Gasteiger partial charge on any atom is 0.254 e. The van der Waals surface area contributed by atoms with Gasteiger partial charge in [0.25, 0.3) is 5.91 Å². The summed E-state index contributed by atoms with van der Waals surface area (Å²) in [4.78, 5) is 24.9. The molecule has 2 aromatic rings. The molecule has 2 amide bonds. The van der Waals surface area contributed by atoms with Crippen molar-refractivity contribution in [3.63, 3.8) is 0 Å². The first-order valence-electron chi connectivity index (χ1n) is 7.19. The van der Waals surface area contributed by atoms with E-state index in [9.17, 15) is 9.59 Å². The summed E-state index contributed by atoms with van der Waals surface area (Å²) in [6.45, 7) is 4.19. The molecule has 0 aliphatic carbocycles. The van der Waals surface area contributed by atoms with Crippen LogP contribution in [0.3, 0.4) is 0 Å². The minimum atomic E-state index is -0.319. The normalized spacial score (nSPS) is 12.1. The van der Waals surface area contributed by atoms with Gasteiger partial charge in [0.1, 0.15) is 6.26 Å². The molecule has 118 valence electrons. The molecule has 0 aromatic carbocycles. The van der Waals surface area contributed by atoms with E-state index >= 15 is 0 Å². The van der Waals surface area contributed by atoms with Crippen LogP contribution in [0.4, 0.5) is 0 Å². The summed E-state index contributed by atoms with van der Waals surface area (Å²) in [6, 6.07) is 5.53. The number of thiophene rings is 1. The molecule has 2 N–H and O–H groups in total. The van der Waals surface area contributed by atoms with Crippen LogP contribution >= 0.6 is 11.3 Å². The zero-order valence-corrected chi connectivity index (χ0v) is 13.5. The highest BCUT2D eigenvalue weighted by Crippen LogP contribution is 2.25. The Morgan fingerprint density at radius 2 is 2.14 bits per heavy atom. The molecule has 1 atom stereocenters.